The van der Waals surface area contributed by atoms with Crippen molar-refractivity contribution in [3.05, 3.63) is 78.4 Å². The maximum atomic E-state index is 13.5. The zero-order valence-corrected chi connectivity index (χ0v) is 19.8. The third-order valence-corrected chi connectivity index (χ3v) is 6.58. The molecule has 0 unspecified atom stereocenters. The van der Waals surface area contributed by atoms with Crippen LogP contribution < -0.4 is 23.9 Å². The maximum absolute atomic E-state index is 13.5. The number of carbonyl (C=O) groups excluding carboxylic acids is 1. The Morgan fingerprint density at radius 1 is 0.882 bits per heavy atom. The summed E-state index contributed by atoms with van der Waals surface area (Å²) >= 11 is 0. The number of nitrogens with zero attached hydrogens (tertiary/aromatic N) is 2. The van der Waals surface area contributed by atoms with Gasteiger partial charge in [-0.25, -0.2) is 13.8 Å². The highest BCUT2D eigenvalue weighted by atomic mass is 32.2. The summed E-state index contributed by atoms with van der Waals surface area (Å²) in [6.07, 6.45) is 1.42. The van der Waals surface area contributed by atoms with Crippen LogP contribution in [0.15, 0.2) is 82.8 Å². The van der Waals surface area contributed by atoms with Crippen molar-refractivity contribution in [1.82, 2.24) is 5.43 Å². The largest absolute Gasteiger partial charge is 0.496 e. The highest BCUT2D eigenvalue weighted by molar-refractivity contribution is 7.92. The van der Waals surface area contributed by atoms with E-state index in [0.29, 0.717) is 22.7 Å². The van der Waals surface area contributed by atoms with Gasteiger partial charge in [0.2, 0.25) is 0 Å². The minimum Gasteiger partial charge on any atom is -0.496 e. The molecular formula is C24H25N3O6S. The summed E-state index contributed by atoms with van der Waals surface area (Å²) in [5.41, 5.74) is 3.35. The molecule has 0 saturated heterocycles. The number of hydrazone groups is 1. The van der Waals surface area contributed by atoms with Gasteiger partial charge in [0.15, 0.2) is 11.5 Å². The standard InChI is InChI=1S/C24H25N3O6S/c1-31-21-12-8-7-9-18(21)16-25-26-24(28)17-27(19-10-5-4-6-11-19)34(29,30)20-13-14-22(32-2)23(15-20)33-3/h4-16H,17H2,1-3H3,(H,26,28)/b25-16-. The molecule has 178 valence electrons. The molecular weight excluding hydrogens is 458 g/mol. The molecule has 0 radical (unpaired) electrons. The van der Waals surface area contributed by atoms with E-state index in [2.05, 4.69) is 10.5 Å². The minimum atomic E-state index is -4.13. The number of para-hydroxylation sites is 2. The summed E-state index contributed by atoms with van der Waals surface area (Å²) < 4.78 is 43.7. The molecule has 0 aliphatic carbocycles. The SMILES string of the molecule is COc1ccccc1/C=N\NC(=O)CN(c1ccccc1)S(=O)(=O)c1ccc(OC)c(OC)c1. The molecule has 0 aliphatic rings. The molecule has 1 amide bonds. The fourth-order valence-corrected chi connectivity index (χ4v) is 4.56. The fraction of sp³-hybridized carbons (Fsp3) is 0.167. The molecule has 1 N–H and O–H groups in total. The number of hydrogen-bond donors (Lipinski definition) is 1. The van der Waals surface area contributed by atoms with E-state index < -0.39 is 22.5 Å². The van der Waals surface area contributed by atoms with Crippen molar-refractivity contribution in [3.63, 3.8) is 0 Å². The zero-order chi connectivity index (χ0) is 24.6. The number of amides is 1. The summed E-state index contributed by atoms with van der Waals surface area (Å²) in [5, 5.41) is 3.94. The maximum Gasteiger partial charge on any atom is 0.264 e. The molecule has 0 spiro atoms. The third-order valence-electron chi connectivity index (χ3n) is 4.81. The molecule has 0 aliphatic heterocycles. The van der Waals surface area contributed by atoms with E-state index in [0.717, 1.165) is 4.31 Å². The van der Waals surface area contributed by atoms with Gasteiger partial charge < -0.3 is 14.2 Å². The second-order valence-electron chi connectivity index (χ2n) is 6.90. The molecule has 0 atom stereocenters. The van der Waals surface area contributed by atoms with Crippen molar-refractivity contribution in [1.29, 1.82) is 0 Å². The van der Waals surface area contributed by atoms with Crippen molar-refractivity contribution in [2.45, 2.75) is 4.90 Å². The molecule has 0 aromatic heterocycles. The van der Waals surface area contributed by atoms with E-state index in [-0.39, 0.29) is 10.6 Å². The van der Waals surface area contributed by atoms with Crippen LogP contribution in [-0.2, 0) is 14.8 Å². The third kappa shape index (κ3) is 5.65. The fourth-order valence-electron chi connectivity index (χ4n) is 3.13. The Morgan fingerprint density at radius 3 is 2.21 bits per heavy atom. The second-order valence-corrected chi connectivity index (χ2v) is 8.76. The molecule has 9 nitrogen and oxygen atoms in total. The summed E-state index contributed by atoms with van der Waals surface area (Å²) in [6, 6.07) is 19.7. The van der Waals surface area contributed by atoms with E-state index in [1.807, 2.05) is 6.07 Å². The Hall–Kier alpha value is -4.05. The van der Waals surface area contributed by atoms with Crippen LogP contribution in [0.3, 0.4) is 0 Å². The van der Waals surface area contributed by atoms with E-state index in [1.54, 1.807) is 48.5 Å². The lowest BCUT2D eigenvalue weighted by Crippen LogP contribution is -2.39. The van der Waals surface area contributed by atoms with Crippen LogP contribution >= 0.6 is 0 Å². The lowest BCUT2D eigenvalue weighted by Gasteiger charge is -2.24. The molecule has 3 aromatic rings. The van der Waals surface area contributed by atoms with Crippen LogP contribution in [0, 0.1) is 0 Å². The minimum absolute atomic E-state index is 0.0562. The number of methoxy groups -OCH3 is 3. The summed E-state index contributed by atoms with van der Waals surface area (Å²) in [5.74, 6) is 0.597. The van der Waals surface area contributed by atoms with Gasteiger partial charge in [-0.2, -0.15) is 5.10 Å². The van der Waals surface area contributed by atoms with Gasteiger partial charge >= 0.3 is 0 Å². The molecule has 10 heteroatoms. The summed E-state index contributed by atoms with van der Waals surface area (Å²) in [7, 11) is 0.270. The average Bonchev–Trinajstić information content (AvgIpc) is 2.87. The lowest BCUT2D eigenvalue weighted by molar-refractivity contribution is -0.119. The predicted molar refractivity (Wildman–Crippen MR) is 129 cm³/mol. The van der Waals surface area contributed by atoms with E-state index >= 15 is 0 Å². The topological polar surface area (TPSA) is 107 Å². The molecule has 3 aromatic carbocycles. The van der Waals surface area contributed by atoms with Gasteiger partial charge in [-0.3, -0.25) is 9.10 Å². The van der Waals surface area contributed by atoms with Crippen molar-refractivity contribution in [2.24, 2.45) is 5.10 Å². The first-order chi connectivity index (χ1) is 16.4. The lowest BCUT2D eigenvalue weighted by atomic mass is 10.2. The first kappa shape index (κ1) is 24.6. The number of hydrogen-bond acceptors (Lipinski definition) is 7. The summed E-state index contributed by atoms with van der Waals surface area (Å²) in [4.78, 5) is 12.6. The highest BCUT2D eigenvalue weighted by Gasteiger charge is 2.28. The molecule has 0 saturated carbocycles. The molecule has 34 heavy (non-hydrogen) atoms. The average molecular weight is 484 g/mol. The van der Waals surface area contributed by atoms with Crippen molar-refractivity contribution >= 4 is 27.8 Å². The Kier molecular flexibility index (Phi) is 8.10. The van der Waals surface area contributed by atoms with E-state index in [9.17, 15) is 13.2 Å². The van der Waals surface area contributed by atoms with Crippen LogP contribution in [-0.4, -0.2) is 48.4 Å². The monoisotopic (exact) mass is 483 g/mol. The number of ether oxygens (including phenoxy) is 3. The van der Waals surface area contributed by atoms with Gasteiger partial charge in [-0.1, -0.05) is 30.3 Å². The summed E-state index contributed by atoms with van der Waals surface area (Å²) in [6.45, 7) is -0.496. The van der Waals surface area contributed by atoms with Gasteiger partial charge in [0.05, 0.1) is 38.1 Å². The zero-order valence-electron chi connectivity index (χ0n) is 19.0. The Balaban J connectivity index is 1.87. The van der Waals surface area contributed by atoms with Crippen LogP contribution in [0.25, 0.3) is 0 Å². The molecule has 0 bridgehead atoms. The van der Waals surface area contributed by atoms with E-state index in [1.165, 1.54) is 45.7 Å². The van der Waals surface area contributed by atoms with Crippen molar-refractivity contribution < 1.29 is 27.4 Å². The van der Waals surface area contributed by atoms with Gasteiger partial charge in [0.1, 0.15) is 12.3 Å². The highest BCUT2D eigenvalue weighted by Crippen LogP contribution is 2.32. The van der Waals surface area contributed by atoms with Crippen LogP contribution in [0.2, 0.25) is 0 Å². The van der Waals surface area contributed by atoms with Crippen LogP contribution in [0.1, 0.15) is 5.56 Å². The van der Waals surface area contributed by atoms with E-state index in [4.69, 9.17) is 14.2 Å². The predicted octanol–water partition coefficient (Wildman–Crippen LogP) is 3.06. The van der Waals surface area contributed by atoms with Crippen molar-refractivity contribution in [2.75, 3.05) is 32.2 Å². The van der Waals surface area contributed by atoms with Gasteiger partial charge in [0, 0.05) is 11.6 Å². The Labute approximate surface area is 198 Å². The van der Waals surface area contributed by atoms with Crippen LogP contribution in [0.5, 0.6) is 17.2 Å². The van der Waals surface area contributed by atoms with Crippen LogP contribution in [0.4, 0.5) is 5.69 Å². The number of sulfonamides is 1. The quantitative estimate of drug-likeness (QED) is 0.351. The number of carbonyl (C=O) groups is 1. The Morgan fingerprint density at radius 2 is 1.53 bits per heavy atom. The first-order valence-corrected chi connectivity index (χ1v) is 11.6. The molecule has 0 fully saturated rings. The normalized spacial score (nSPS) is 11.1. The van der Waals surface area contributed by atoms with Gasteiger partial charge in [0.25, 0.3) is 15.9 Å². The smallest absolute Gasteiger partial charge is 0.264 e. The number of nitrogens with one attached hydrogen (secondary N) is 1. The first-order valence-electron chi connectivity index (χ1n) is 10.2. The van der Waals surface area contributed by atoms with Gasteiger partial charge in [-0.05, 0) is 36.4 Å². The number of anilines is 1. The van der Waals surface area contributed by atoms with Crippen molar-refractivity contribution in [3.8, 4) is 17.2 Å². The van der Waals surface area contributed by atoms with Gasteiger partial charge in [-0.15, -0.1) is 0 Å². The molecule has 0 heterocycles. The number of rotatable bonds is 10. The molecule has 3 rings (SSSR count). The number of benzene rings is 3. The Bertz CT molecular complexity index is 1260. The second kappa shape index (κ2) is 11.2.